The second kappa shape index (κ2) is 11.4. The van der Waals surface area contributed by atoms with Gasteiger partial charge < -0.3 is 15.3 Å². The first-order chi connectivity index (χ1) is 7.33. The molecule has 16 heavy (non-hydrogen) atoms. The summed E-state index contributed by atoms with van der Waals surface area (Å²) in [6.07, 6.45) is 1.65. The van der Waals surface area contributed by atoms with Gasteiger partial charge in [-0.15, -0.1) is 0 Å². The Labute approximate surface area is 98.2 Å². The van der Waals surface area contributed by atoms with Crippen molar-refractivity contribution in [1.29, 1.82) is 1.45 Å². The highest BCUT2D eigenvalue weighted by atomic mass is 19.0. The lowest BCUT2D eigenvalue weighted by Crippen LogP contribution is -2.30. The van der Waals surface area contributed by atoms with Gasteiger partial charge in [0, 0.05) is 12.3 Å². The van der Waals surface area contributed by atoms with Crippen LogP contribution in [0.5, 0.6) is 5.88 Å². The molecule has 0 aliphatic carbocycles. The molecule has 92 valence electrons. The highest BCUT2D eigenvalue weighted by molar-refractivity contribution is 5.09. The molecule has 4 nitrogen and oxygen atoms in total. The van der Waals surface area contributed by atoms with Gasteiger partial charge in [-0.25, -0.2) is 11.6 Å². The number of rotatable bonds is 4. The summed E-state index contributed by atoms with van der Waals surface area (Å²) in [7, 11) is 0. The molecule has 0 radical (unpaired) electrons. The van der Waals surface area contributed by atoms with E-state index in [9.17, 15) is 0 Å². The van der Waals surface area contributed by atoms with Crippen LogP contribution in [0.15, 0.2) is 24.4 Å². The molecule has 1 atom stereocenters. The molecule has 0 aliphatic rings. The van der Waals surface area contributed by atoms with E-state index in [2.05, 4.69) is 11.3 Å². The van der Waals surface area contributed by atoms with Gasteiger partial charge >= 0.3 is 0 Å². The van der Waals surface area contributed by atoms with Gasteiger partial charge in [0.05, 0.1) is 0 Å². The van der Waals surface area contributed by atoms with Crippen LogP contribution in [0, 0.1) is 6.57 Å². The molecule has 1 rings (SSSR count). The number of halogens is 1. The standard InChI is InChI=1S/C9H11N3O.2CH4.FH/c1-11-6-8(10)7-13-9-4-2-3-5-12-9;;;/h2-5,8H,6-7,10H2;2*1H4;1H/t8-;;;/m1.../s1/i/hT. The van der Waals surface area contributed by atoms with Crippen LogP contribution < -0.4 is 10.5 Å². The first kappa shape index (κ1) is 16.7. The van der Waals surface area contributed by atoms with Crippen molar-refractivity contribution in [3.63, 3.8) is 0 Å². The van der Waals surface area contributed by atoms with E-state index in [-0.39, 0.29) is 27.4 Å². The van der Waals surface area contributed by atoms with Gasteiger partial charge in [-0.2, -0.15) is 0 Å². The second-order valence-corrected chi connectivity index (χ2v) is 2.58. The van der Waals surface area contributed by atoms with E-state index in [0.29, 0.717) is 12.5 Å². The maximum absolute atomic E-state index is 8.75. The third-order valence-electron chi connectivity index (χ3n) is 1.41. The topological polar surface area (TPSA) is 52.5 Å². The first-order valence-corrected chi connectivity index (χ1v) is 3.95. The lowest BCUT2D eigenvalue weighted by Gasteiger charge is -2.06. The van der Waals surface area contributed by atoms with Crippen molar-refractivity contribution in [3.8, 4) is 5.88 Å². The quantitative estimate of drug-likeness (QED) is 0.808. The molecule has 5 heteroatoms. The van der Waals surface area contributed by atoms with Crippen LogP contribution in [0.2, 0.25) is 0 Å². The monoisotopic (exact) mass is 231 g/mol. The van der Waals surface area contributed by atoms with Gasteiger partial charge in [0.25, 0.3) is 1.45 Å². The number of aromatic nitrogens is 1. The van der Waals surface area contributed by atoms with Crippen LogP contribution in [-0.4, -0.2) is 25.6 Å². The minimum atomic E-state index is -0.237. The van der Waals surface area contributed by atoms with Crippen molar-refractivity contribution >= 4 is 0 Å². The van der Waals surface area contributed by atoms with Gasteiger partial charge in [0.1, 0.15) is 12.6 Å². The number of ether oxygens (including phenoxy) is 1. The molecule has 0 saturated heterocycles. The minimum Gasteiger partial charge on any atom is -0.476 e. The van der Waals surface area contributed by atoms with E-state index in [1.807, 2.05) is 12.1 Å². The fraction of sp³-hybridized carbons (Fsp3) is 0.455. The summed E-state index contributed by atoms with van der Waals surface area (Å²) >= 11 is 0. The Balaban J connectivity index is -0.000000464. The molecule has 0 unspecified atom stereocenters. The number of hydrogen-bond donors (Lipinski definition) is 1. The number of pyridine rings is 1. The summed E-state index contributed by atoms with van der Waals surface area (Å²) in [5.74, 6) is 0.544. The summed E-state index contributed by atoms with van der Waals surface area (Å²) in [5, 5.41) is 0. The van der Waals surface area contributed by atoms with E-state index in [4.69, 9.17) is 21.8 Å². The van der Waals surface area contributed by atoms with Crippen molar-refractivity contribution in [3.05, 3.63) is 35.8 Å². The third kappa shape index (κ3) is 7.71. The molecular weight excluding hydrogens is 209 g/mol. The summed E-state index contributed by atoms with van der Waals surface area (Å²) in [6, 6.07) is 5.17. The first-order valence-electron chi connectivity index (χ1n) is 4.33. The van der Waals surface area contributed by atoms with Gasteiger partial charge in [-0.1, -0.05) is 20.9 Å². The van der Waals surface area contributed by atoms with E-state index in [1.54, 1.807) is 12.3 Å². The van der Waals surface area contributed by atoms with Gasteiger partial charge in [-0.3, -0.25) is 4.72 Å². The molecular formula is C11H20FN3O. The Kier molecular flexibility index (Phi) is 11.9. The number of hydrogen-bond acceptors (Lipinski definition) is 3. The van der Waals surface area contributed by atoms with Gasteiger partial charge in [0.2, 0.25) is 12.4 Å². The summed E-state index contributed by atoms with van der Waals surface area (Å²) < 4.78 is 18.2. The van der Waals surface area contributed by atoms with Gasteiger partial charge in [-0.05, 0) is 6.07 Å². The summed E-state index contributed by atoms with van der Waals surface area (Å²) in [6.45, 7) is 7.21. The van der Waals surface area contributed by atoms with Crippen molar-refractivity contribution in [2.45, 2.75) is 20.9 Å². The fourth-order valence-corrected chi connectivity index (χ4v) is 0.795. The molecule has 1 aromatic rings. The van der Waals surface area contributed by atoms with E-state index >= 15 is 0 Å². The molecule has 1 aromatic heterocycles. The fourth-order valence-electron chi connectivity index (χ4n) is 0.795. The van der Waals surface area contributed by atoms with Gasteiger partial charge in [0.15, 0.2) is 0 Å². The molecule has 2 N–H and O–H groups in total. The molecule has 0 amide bonds. The zero-order valence-corrected chi connectivity index (χ0v) is 7.56. The summed E-state index contributed by atoms with van der Waals surface area (Å²) in [5.41, 5.74) is 5.57. The number of nitrogens with two attached hydrogens (primary N) is 1. The normalized spacial score (nSPS) is 9.94. The molecule has 0 aliphatic heterocycles. The maximum atomic E-state index is 8.75. The highest BCUT2D eigenvalue weighted by Crippen LogP contribution is 2.02. The Morgan fingerprint density at radius 2 is 2.25 bits per heavy atom. The maximum Gasteiger partial charge on any atom is 0.269 e. The predicted molar refractivity (Wildman–Crippen MR) is 65.1 cm³/mol. The average molecular weight is 231 g/mol. The molecule has 0 spiro atoms. The Morgan fingerprint density at radius 3 is 2.75 bits per heavy atom. The smallest absolute Gasteiger partial charge is 0.269 e. The SMILES string of the molecule is C.C.[3H]F.[C-]#[N+]C[C@@H](N)COc1ccccn1. The van der Waals surface area contributed by atoms with Crippen molar-refractivity contribution in [1.82, 2.24) is 4.98 Å². The lowest BCUT2D eigenvalue weighted by molar-refractivity contribution is 0.284. The van der Waals surface area contributed by atoms with Crippen molar-refractivity contribution in [2.24, 2.45) is 5.73 Å². The average Bonchev–Trinajstić information content (AvgIpc) is 2.31. The highest BCUT2D eigenvalue weighted by Gasteiger charge is 2.05. The van der Waals surface area contributed by atoms with Crippen LogP contribution in [0.25, 0.3) is 4.85 Å². The molecule has 0 saturated carbocycles. The Bertz CT molecular complexity index is 293. The van der Waals surface area contributed by atoms with Crippen LogP contribution in [0.3, 0.4) is 0 Å². The Morgan fingerprint density at radius 1 is 1.56 bits per heavy atom. The van der Waals surface area contributed by atoms with Crippen LogP contribution in [0.1, 0.15) is 14.9 Å². The van der Waals surface area contributed by atoms with E-state index in [1.165, 1.54) is 0 Å². The third-order valence-corrected chi connectivity index (χ3v) is 1.41. The van der Waals surface area contributed by atoms with Crippen molar-refractivity contribution < 1.29 is 9.45 Å². The zero-order valence-electron chi connectivity index (χ0n) is 8.56. The predicted octanol–water partition coefficient (Wildman–Crippen LogP) is 2.13. The lowest BCUT2D eigenvalue weighted by atomic mass is 10.3. The van der Waals surface area contributed by atoms with Crippen molar-refractivity contribution in [2.75, 3.05) is 13.2 Å². The Hall–Kier alpha value is -1.67. The molecule has 1 heterocycles. The van der Waals surface area contributed by atoms with Crippen LogP contribution in [-0.2, 0) is 0 Å². The minimum absolute atomic E-state index is 0. The number of nitrogens with zero attached hydrogens (tertiary/aromatic N) is 2. The second-order valence-electron chi connectivity index (χ2n) is 2.58. The molecule has 0 bridgehead atoms. The van der Waals surface area contributed by atoms with Crippen LogP contribution >= 0.6 is 0 Å². The molecule has 0 fully saturated rings. The van der Waals surface area contributed by atoms with E-state index < -0.39 is 0 Å². The molecule has 0 aromatic carbocycles. The van der Waals surface area contributed by atoms with E-state index in [0.717, 1.165) is 0 Å². The summed E-state index contributed by atoms with van der Waals surface area (Å²) in [4.78, 5) is 7.13. The zero-order chi connectivity index (χ0) is 11.5. The largest absolute Gasteiger partial charge is 0.476 e. The van der Waals surface area contributed by atoms with Crippen LogP contribution in [0.4, 0.5) is 4.72 Å².